The van der Waals surface area contributed by atoms with Gasteiger partial charge in [-0.3, -0.25) is 14.5 Å². The fourth-order valence-electron chi connectivity index (χ4n) is 3.60. The van der Waals surface area contributed by atoms with Crippen LogP contribution in [0.4, 0.5) is 0 Å². The molecule has 2 aromatic rings. The fourth-order valence-corrected chi connectivity index (χ4v) is 5.94. The maximum Gasteiger partial charge on any atom is 0.352 e. The van der Waals surface area contributed by atoms with Crippen LogP contribution in [-0.4, -0.2) is 87.7 Å². The number of carbonyl (C=O) groups is 4. The SMILES string of the molecule is Cn1nnnc1SCC1=C(C(=O)O)N2C(=O)C(NC(=O)C(=NOC(=O)C(C)(C)C)c3cccc(O)c3)[C@H]2SC1. The molecule has 1 aromatic heterocycles. The van der Waals surface area contributed by atoms with Crippen molar-refractivity contribution in [1.29, 1.82) is 0 Å². The third-order valence-corrected chi connectivity index (χ3v) is 8.10. The zero-order valence-electron chi connectivity index (χ0n) is 21.3. The molecule has 0 spiro atoms. The van der Waals surface area contributed by atoms with E-state index in [9.17, 15) is 29.4 Å². The van der Waals surface area contributed by atoms with E-state index >= 15 is 0 Å². The Morgan fingerprint density at radius 2 is 2.05 bits per heavy atom. The zero-order chi connectivity index (χ0) is 28.5. The molecule has 206 valence electrons. The monoisotopic (exact) mass is 575 g/mol. The van der Waals surface area contributed by atoms with E-state index in [0.29, 0.717) is 16.5 Å². The maximum atomic E-state index is 13.2. The summed E-state index contributed by atoms with van der Waals surface area (Å²) < 4.78 is 1.45. The van der Waals surface area contributed by atoms with Gasteiger partial charge in [0.2, 0.25) is 5.16 Å². The first-order valence-corrected chi connectivity index (χ1v) is 13.6. The molecule has 16 heteroatoms. The molecule has 3 heterocycles. The average Bonchev–Trinajstić information content (AvgIpc) is 3.29. The smallest absolute Gasteiger partial charge is 0.352 e. The van der Waals surface area contributed by atoms with Gasteiger partial charge in [0.25, 0.3) is 11.8 Å². The zero-order valence-corrected chi connectivity index (χ0v) is 22.9. The van der Waals surface area contributed by atoms with E-state index in [1.54, 1.807) is 27.8 Å². The molecule has 0 radical (unpaired) electrons. The topological polar surface area (TPSA) is 189 Å². The maximum absolute atomic E-state index is 13.2. The number of benzene rings is 1. The Morgan fingerprint density at radius 1 is 1.31 bits per heavy atom. The van der Waals surface area contributed by atoms with Gasteiger partial charge in [-0.05, 0) is 48.9 Å². The van der Waals surface area contributed by atoms with E-state index in [1.165, 1.54) is 52.5 Å². The number of carboxylic acid groups (broad SMARTS) is 1. The standard InChI is InChI=1S/C23H25N7O7S2/c1-23(2,3)21(36)37-26-14(11-6-5-7-13(31)8-11)17(32)24-15-18(33)30-16(20(34)35)12(9-38-19(15)30)10-39-22-25-27-28-29(22)4/h5-8,15,19,31H,9-10H2,1-4H3,(H,24,32)(H,34,35)/t15?,19-/m1/s1. The number of fused-ring (bicyclic) bond motifs is 1. The van der Waals surface area contributed by atoms with Gasteiger partial charge in [-0.25, -0.2) is 14.3 Å². The van der Waals surface area contributed by atoms with E-state index in [4.69, 9.17) is 4.84 Å². The second-order valence-electron chi connectivity index (χ2n) is 9.61. The minimum atomic E-state index is -1.26. The highest BCUT2D eigenvalue weighted by Crippen LogP contribution is 2.41. The number of aliphatic carboxylic acids is 1. The predicted octanol–water partition coefficient (Wildman–Crippen LogP) is 0.740. The summed E-state index contributed by atoms with van der Waals surface area (Å²) in [5, 5.41) is 37.1. The van der Waals surface area contributed by atoms with Crippen LogP contribution in [0.15, 0.2) is 45.8 Å². The molecule has 2 aliphatic rings. The summed E-state index contributed by atoms with van der Waals surface area (Å²) in [6.07, 6.45) is 0. The average molecular weight is 576 g/mol. The highest BCUT2D eigenvalue weighted by atomic mass is 32.2. The largest absolute Gasteiger partial charge is 0.508 e. The molecule has 39 heavy (non-hydrogen) atoms. The van der Waals surface area contributed by atoms with E-state index in [1.807, 2.05) is 0 Å². The van der Waals surface area contributed by atoms with Gasteiger partial charge >= 0.3 is 11.9 Å². The van der Waals surface area contributed by atoms with Crippen LogP contribution >= 0.6 is 23.5 Å². The lowest BCUT2D eigenvalue weighted by Gasteiger charge is -2.49. The number of aryl methyl sites for hydroxylation is 1. The van der Waals surface area contributed by atoms with Crippen molar-refractivity contribution in [2.24, 2.45) is 17.6 Å². The molecule has 1 fully saturated rings. The van der Waals surface area contributed by atoms with Gasteiger partial charge in [-0.15, -0.1) is 16.9 Å². The minimum Gasteiger partial charge on any atom is -0.508 e. The van der Waals surface area contributed by atoms with Gasteiger partial charge in [0.1, 0.15) is 22.9 Å². The Bertz CT molecular complexity index is 1400. The summed E-state index contributed by atoms with van der Waals surface area (Å²) in [6, 6.07) is 4.56. The highest BCUT2D eigenvalue weighted by Gasteiger charge is 2.54. The van der Waals surface area contributed by atoms with Crippen LogP contribution in [0.25, 0.3) is 0 Å². The molecular weight excluding hydrogens is 550 g/mol. The molecular formula is C23H25N7O7S2. The molecule has 0 aliphatic carbocycles. The number of hydrogen-bond donors (Lipinski definition) is 3. The second kappa shape index (κ2) is 11.1. The number of phenolic OH excluding ortho intramolecular Hbond substituents is 1. The summed E-state index contributed by atoms with van der Waals surface area (Å²) in [6.45, 7) is 4.85. The molecule has 3 N–H and O–H groups in total. The summed E-state index contributed by atoms with van der Waals surface area (Å²) in [5.74, 6) is -2.99. The molecule has 14 nitrogen and oxygen atoms in total. The van der Waals surface area contributed by atoms with Gasteiger partial charge in [0.15, 0.2) is 5.71 Å². The molecule has 0 saturated carbocycles. The number of aromatic nitrogens is 4. The minimum absolute atomic E-state index is 0.141. The molecule has 1 unspecified atom stereocenters. The van der Waals surface area contributed by atoms with E-state index in [0.717, 1.165) is 4.90 Å². The van der Waals surface area contributed by atoms with Gasteiger partial charge < -0.3 is 20.4 Å². The lowest BCUT2D eigenvalue weighted by Crippen LogP contribution is -2.71. The number of phenols is 1. The van der Waals surface area contributed by atoms with Crippen molar-refractivity contribution >= 4 is 53.0 Å². The summed E-state index contributed by atoms with van der Waals surface area (Å²) in [7, 11) is 1.66. The predicted molar refractivity (Wildman–Crippen MR) is 139 cm³/mol. The van der Waals surface area contributed by atoms with Crippen molar-refractivity contribution in [2.75, 3.05) is 11.5 Å². The van der Waals surface area contributed by atoms with Crippen LogP contribution in [0.3, 0.4) is 0 Å². The summed E-state index contributed by atoms with van der Waals surface area (Å²) >= 11 is 2.54. The van der Waals surface area contributed by atoms with E-state index in [-0.39, 0.29) is 28.5 Å². The molecule has 1 saturated heterocycles. The Balaban J connectivity index is 1.53. The molecule has 2 atom stereocenters. The van der Waals surface area contributed by atoms with Crippen molar-refractivity contribution in [3.8, 4) is 5.75 Å². The molecule has 1 aromatic carbocycles. The number of nitrogens with one attached hydrogen (secondary N) is 1. The van der Waals surface area contributed by atoms with Gasteiger partial charge in [-0.2, -0.15) is 0 Å². The van der Waals surface area contributed by atoms with Crippen molar-refractivity contribution in [1.82, 2.24) is 30.4 Å². The van der Waals surface area contributed by atoms with Crippen LogP contribution in [-0.2, 0) is 31.1 Å². The molecule has 2 amide bonds. The van der Waals surface area contributed by atoms with Crippen LogP contribution in [0.1, 0.15) is 26.3 Å². The first-order chi connectivity index (χ1) is 18.4. The number of β-lactam (4-membered cyclic amide) rings is 1. The summed E-state index contributed by atoms with van der Waals surface area (Å²) in [4.78, 5) is 56.8. The number of hydrogen-bond acceptors (Lipinski definition) is 12. The Morgan fingerprint density at radius 3 is 2.67 bits per heavy atom. The number of amides is 2. The third kappa shape index (κ3) is 5.90. The van der Waals surface area contributed by atoms with E-state index in [2.05, 4.69) is 26.0 Å². The number of carboxylic acids is 1. The Kier molecular flexibility index (Phi) is 7.96. The first-order valence-electron chi connectivity index (χ1n) is 11.5. The number of aromatic hydroxyl groups is 1. The summed E-state index contributed by atoms with van der Waals surface area (Å²) in [5.41, 5.74) is -0.702. The van der Waals surface area contributed by atoms with Crippen LogP contribution < -0.4 is 5.32 Å². The molecule has 4 rings (SSSR count). The van der Waals surface area contributed by atoms with E-state index < -0.39 is 40.6 Å². The Hall–Kier alpha value is -3.92. The number of oxime groups is 1. The van der Waals surface area contributed by atoms with Crippen LogP contribution in [0.5, 0.6) is 5.75 Å². The molecule has 0 bridgehead atoms. The lowest BCUT2D eigenvalue weighted by molar-refractivity contribution is -0.153. The van der Waals surface area contributed by atoms with Crippen molar-refractivity contribution in [3.05, 3.63) is 41.1 Å². The van der Waals surface area contributed by atoms with Crippen molar-refractivity contribution in [2.45, 2.75) is 37.3 Å². The number of rotatable bonds is 8. The molecule has 2 aliphatic heterocycles. The second-order valence-corrected chi connectivity index (χ2v) is 11.7. The normalized spacial score (nSPS) is 19.3. The Labute approximate surface area is 230 Å². The number of tetrazole rings is 1. The van der Waals surface area contributed by atoms with Crippen molar-refractivity contribution in [3.63, 3.8) is 0 Å². The lowest BCUT2D eigenvalue weighted by atomic mass is 9.98. The van der Waals surface area contributed by atoms with Gasteiger partial charge in [0, 0.05) is 24.1 Å². The number of thioether (sulfide) groups is 2. The van der Waals surface area contributed by atoms with Gasteiger partial charge in [0.05, 0.1) is 5.41 Å². The number of nitrogens with zero attached hydrogens (tertiary/aromatic N) is 6. The highest BCUT2D eigenvalue weighted by molar-refractivity contribution is 8.01. The first kappa shape index (κ1) is 28.1. The quantitative estimate of drug-likeness (QED) is 0.132. The van der Waals surface area contributed by atoms with Gasteiger partial charge in [-0.1, -0.05) is 29.1 Å². The third-order valence-electron chi connectivity index (χ3n) is 5.66. The fraction of sp³-hybridized carbons (Fsp3) is 0.391. The van der Waals surface area contributed by atoms with Crippen molar-refractivity contribution < 1.29 is 34.2 Å². The van der Waals surface area contributed by atoms with Crippen LogP contribution in [0.2, 0.25) is 0 Å². The number of carbonyl (C=O) groups excluding carboxylic acids is 3. The van der Waals surface area contributed by atoms with Crippen LogP contribution in [0, 0.1) is 5.41 Å².